The SMILES string of the molecule is [Zn].[c-]1cc[nH]n1. The van der Waals surface area contributed by atoms with Crippen molar-refractivity contribution in [3.63, 3.8) is 0 Å². The molecule has 0 fully saturated rings. The van der Waals surface area contributed by atoms with Gasteiger partial charge in [0.05, 0.1) is 0 Å². The Bertz CT molecular complexity index is 65.3. The fourth-order valence-electron chi connectivity index (χ4n) is 0.186. The van der Waals surface area contributed by atoms with Gasteiger partial charge in [0, 0.05) is 19.5 Å². The molecule has 0 atom stereocenters. The van der Waals surface area contributed by atoms with E-state index in [4.69, 9.17) is 0 Å². The Morgan fingerprint density at radius 1 is 1.67 bits per heavy atom. The minimum absolute atomic E-state index is 0. The van der Waals surface area contributed by atoms with Crippen molar-refractivity contribution in [3.05, 3.63) is 18.5 Å². The Morgan fingerprint density at radius 2 is 2.50 bits per heavy atom. The van der Waals surface area contributed by atoms with Crippen molar-refractivity contribution in [2.75, 3.05) is 0 Å². The molecule has 0 saturated carbocycles. The predicted octanol–water partition coefficient (Wildman–Crippen LogP) is 0.207. The Kier molecular flexibility index (Phi) is 2.96. The van der Waals surface area contributed by atoms with Crippen LogP contribution in [0.3, 0.4) is 0 Å². The number of aromatic amines is 1. The van der Waals surface area contributed by atoms with Crippen molar-refractivity contribution in [3.8, 4) is 0 Å². The van der Waals surface area contributed by atoms with Gasteiger partial charge in [-0.2, -0.15) is 6.07 Å². The fraction of sp³-hybridized carbons (Fsp3) is 0. The summed E-state index contributed by atoms with van der Waals surface area (Å²) in [6.45, 7) is 0. The molecule has 0 aromatic carbocycles. The van der Waals surface area contributed by atoms with Crippen LogP contribution in [-0.4, -0.2) is 10.2 Å². The normalized spacial score (nSPS) is 6.67. The van der Waals surface area contributed by atoms with E-state index in [0.29, 0.717) is 0 Å². The average molecular weight is 132 g/mol. The van der Waals surface area contributed by atoms with Crippen LogP contribution in [0.4, 0.5) is 0 Å². The number of hydrogen-bond donors (Lipinski definition) is 1. The number of hydrogen-bond acceptors (Lipinski definition) is 1. The molecule has 28 valence electrons. The molecule has 3 heteroatoms. The average Bonchev–Trinajstić information content (AvgIpc) is 1.76. The number of rotatable bonds is 0. The summed E-state index contributed by atoms with van der Waals surface area (Å²) in [7, 11) is 0. The van der Waals surface area contributed by atoms with Gasteiger partial charge in [-0.15, -0.1) is 12.4 Å². The van der Waals surface area contributed by atoms with E-state index < -0.39 is 0 Å². The molecule has 0 bridgehead atoms. The molecule has 1 aromatic heterocycles. The summed E-state index contributed by atoms with van der Waals surface area (Å²) in [5.74, 6) is 0. The molecule has 0 saturated heterocycles. The van der Waals surface area contributed by atoms with Crippen molar-refractivity contribution in [1.82, 2.24) is 10.2 Å². The predicted molar refractivity (Wildman–Crippen MR) is 17.4 cm³/mol. The van der Waals surface area contributed by atoms with Crippen molar-refractivity contribution in [2.45, 2.75) is 0 Å². The molecule has 0 aliphatic rings. The molecule has 0 aliphatic heterocycles. The van der Waals surface area contributed by atoms with E-state index in [1.807, 2.05) is 0 Å². The molecule has 0 unspecified atom stereocenters. The van der Waals surface area contributed by atoms with Gasteiger partial charge in [0.1, 0.15) is 0 Å². The first-order valence-electron chi connectivity index (χ1n) is 1.36. The Labute approximate surface area is 48.7 Å². The minimum atomic E-state index is 0. The van der Waals surface area contributed by atoms with E-state index in [-0.39, 0.29) is 19.5 Å². The maximum Gasteiger partial charge on any atom is 0 e. The third-order valence-corrected chi connectivity index (χ3v) is 0.362. The molecular formula is C3H3N2Zn-. The van der Waals surface area contributed by atoms with E-state index in [9.17, 15) is 0 Å². The minimum Gasteiger partial charge on any atom is -0.382 e. The van der Waals surface area contributed by atoms with Crippen molar-refractivity contribution < 1.29 is 19.5 Å². The van der Waals surface area contributed by atoms with Crippen LogP contribution in [0.2, 0.25) is 0 Å². The van der Waals surface area contributed by atoms with E-state index in [1.54, 1.807) is 12.3 Å². The topological polar surface area (TPSA) is 28.7 Å². The first-order chi connectivity index (χ1) is 2.50. The second kappa shape index (κ2) is 3.04. The fourth-order valence-corrected chi connectivity index (χ4v) is 0.186. The van der Waals surface area contributed by atoms with E-state index in [0.717, 1.165) is 0 Å². The second-order valence-corrected chi connectivity index (χ2v) is 0.703. The Balaban J connectivity index is 0.000000250. The molecule has 1 N–H and O–H groups in total. The van der Waals surface area contributed by atoms with Gasteiger partial charge in [0.15, 0.2) is 0 Å². The van der Waals surface area contributed by atoms with Crippen molar-refractivity contribution in [2.24, 2.45) is 0 Å². The molecular weight excluding hydrogens is 129 g/mol. The van der Waals surface area contributed by atoms with Gasteiger partial charge >= 0.3 is 0 Å². The zero-order chi connectivity index (χ0) is 3.54. The van der Waals surface area contributed by atoms with Crippen LogP contribution in [0.5, 0.6) is 0 Å². The molecule has 1 heterocycles. The summed E-state index contributed by atoms with van der Waals surface area (Å²) >= 11 is 0. The quantitative estimate of drug-likeness (QED) is 0.397. The third-order valence-electron chi connectivity index (χ3n) is 0.362. The molecule has 0 radical (unpaired) electrons. The van der Waals surface area contributed by atoms with Crippen molar-refractivity contribution in [1.29, 1.82) is 0 Å². The molecule has 0 amide bonds. The van der Waals surface area contributed by atoms with Crippen LogP contribution in [0.1, 0.15) is 0 Å². The first-order valence-corrected chi connectivity index (χ1v) is 1.36. The monoisotopic (exact) mass is 131 g/mol. The number of H-pyrrole nitrogens is 1. The summed E-state index contributed by atoms with van der Waals surface area (Å²) in [4.78, 5) is 0. The van der Waals surface area contributed by atoms with E-state index in [2.05, 4.69) is 16.4 Å². The largest absolute Gasteiger partial charge is 0.382 e. The van der Waals surface area contributed by atoms with Gasteiger partial charge in [-0.05, 0) is 0 Å². The number of aromatic nitrogens is 2. The van der Waals surface area contributed by atoms with Crippen LogP contribution in [0.15, 0.2) is 12.3 Å². The zero-order valence-corrected chi connectivity index (χ0v) is 6.28. The summed E-state index contributed by atoms with van der Waals surface area (Å²) in [5.41, 5.74) is 0. The van der Waals surface area contributed by atoms with E-state index in [1.165, 1.54) is 0 Å². The molecule has 1 aromatic rings. The number of nitrogens with one attached hydrogen (secondary N) is 1. The summed E-state index contributed by atoms with van der Waals surface area (Å²) in [5, 5.41) is 6.03. The maximum absolute atomic E-state index is 3.47. The summed E-state index contributed by atoms with van der Waals surface area (Å²) in [6.07, 6.45) is 4.26. The summed E-state index contributed by atoms with van der Waals surface area (Å²) < 4.78 is 0. The van der Waals surface area contributed by atoms with Gasteiger partial charge in [0.25, 0.3) is 0 Å². The van der Waals surface area contributed by atoms with Gasteiger partial charge in [0.2, 0.25) is 0 Å². The van der Waals surface area contributed by atoms with Crippen LogP contribution >= 0.6 is 0 Å². The molecule has 6 heavy (non-hydrogen) atoms. The molecule has 0 aliphatic carbocycles. The molecule has 0 spiro atoms. The van der Waals surface area contributed by atoms with Crippen molar-refractivity contribution >= 4 is 0 Å². The second-order valence-electron chi connectivity index (χ2n) is 0.703. The van der Waals surface area contributed by atoms with Crippen LogP contribution < -0.4 is 0 Å². The smallest absolute Gasteiger partial charge is 0 e. The van der Waals surface area contributed by atoms with Gasteiger partial charge in [-0.3, -0.25) is 0 Å². The first kappa shape index (κ1) is 5.83. The Morgan fingerprint density at radius 3 is 2.67 bits per heavy atom. The van der Waals surface area contributed by atoms with E-state index >= 15 is 0 Å². The van der Waals surface area contributed by atoms with Gasteiger partial charge < -0.3 is 10.2 Å². The van der Waals surface area contributed by atoms with Crippen LogP contribution in [0.25, 0.3) is 0 Å². The van der Waals surface area contributed by atoms with Crippen LogP contribution in [0, 0.1) is 6.20 Å². The summed E-state index contributed by atoms with van der Waals surface area (Å²) in [6, 6.07) is 1.71. The van der Waals surface area contributed by atoms with Gasteiger partial charge in [-0.25, -0.2) is 0 Å². The Hall–Kier alpha value is -0.167. The van der Waals surface area contributed by atoms with Crippen LogP contribution in [-0.2, 0) is 19.5 Å². The van der Waals surface area contributed by atoms with Gasteiger partial charge in [-0.1, -0.05) is 0 Å². The molecule has 1 rings (SSSR count). The molecule has 2 nitrogen and oxygen atoms in total. The maximum atomic E-state index is 3.47. The standard InChI is InChI=1S/C3H3N2.Zn/c1-2-4-5-3-1;/h1-2H,(H,4,5);/q-1;. The zero-order valence-electron chi connectivity index (χ0n) is 3.31. The number of nitrogens with zero attached hydrogens (tertiary/aromatic N) is 1. The third kappa shape index (κ3) is 1.32.